The summed E-state index contributed by atoms with van der Waals surface area (Å²) in [5.41, 5.74) is 0. The number of nitrogens with one attached hydrogen (secondary N) is 2. The van der Waals surface area contributed by atoms with E-state index in [0.717, 1.165) is 25.9 Å². The molecule has 0 bridgehead atoms. The summed E-state index contributed by atoms with van der Waals surface area (Å²) in [5.74, 6) is 0. The van der Waals surface area contributed by atoms with Gasteiger partial charge in [0, 0.05) is 0 Å². The van der Waals surface area contributed by atoms with Crippen LogP contribution in [0.1, 0.15) is 38.5 Å². The Labute approximate surface area is 120 Å². The third kappa shape index (κ3) is 13.4. The molecular formula is C10H22Cl2N2O2Ti. The predicted molar refractivity (Wildman–Crippen MR) is 67.4 cm³/mol. The second-order valence-corrected chi connectivity index (χ2v) is 6.58. The summed E-state index contributed by atoms with van der Waals surface area (Å²) in [6.07, 6.45) is 6.22. The van der Waals surface area contributed by atoms with E-state index in [1.165, 1.54) is 25.7 Å². The van der Waals surface area contributed by atoms with Gasteiger partial charge in [0.15, 0.2) is 0 Å². The monoisotopic (exact) mass is 320 g/mol. The van der Waals surface area contributed by atoms with Crippen LogP contribution < -0.4 is 10.6 Å². The van der Waals surface area contributed by atoms with E-state index in [1.807, 2.05) is 0 Å². The molecule has 4 nitrogen and oxygen atoms in total. The van der Waals surface area contributed by atoms with E-state index in [1.54, 1.807) is 0 Å². The number of piperidine rings is 2. The quantitative estimate of drug-likeness (QED) is 0.511. The molecule has 2 saturated heterocycles. The molecule has 0 aromatic rings. The first-order valence-corrected chi connectivity index (χ1v) is 10.3. The number of rotatable bonds is 0. The summed E-state index contributed by atoms with van der Waals surface area (Å²) in [5, 5.41) is 23.5. The number of hydrogen-bond acceptors (Lipinski definition) is 4. The van der Waals surface area contributed by atoms with Crippen LogP contribution in [-0.4, -0.2) is 35.8 Å². The van der Waals surface area contributed by atoms with Crippen molar-refractivity contribution in [3.8, 4) is 0 Å². The van der Waals surface area contributed by atoms with Gasteiger partial charge in [-0.25, -0.2) is 0 Å². The number of halogens is 2. The van der Waals surface area contributed by atoms with Crippen LogP contribution in [0, 0.1) is 0 Å². The van der Waals surface area contributed by atoms with E-state index in [0.29, 0.717) is 0 Å². The zero-order valence-corrected chi connectivity index (χ0v) is 13.0. The number of aliphatic hydroxyl groups is 2. The minimum atomic E-state index is -0.556. The molecule has 0 aromatic heterocycles. The van der Waals surface area contributed by atoms with Gasteiger partial charge in [0.2, 0.25) is 0 Å². The van der Waals surface area contributed by atoms with Gasteiger partial charge in [-0.1, -0.05) is 0 Å². The molecule has 0 radical (unpaired) electrons. The normalized spacial score (nSPS) is 28.0. The van der Waals surface area contributed by atoms with E-state index in [-0.39, 0.29) is 12.5 Å². The third-order valence-corrected chi connectivity index (χ3v) is 2.57. The van der Waals surface area contributed by atoms with Crippen molar-refractivity contribution in [1.29, 1.82) is 0 Å². The minimum absolute atomic E-state index is 0.214. The van der Waals surface area contributed by atoms with E-state index < -0.39 is 17.0 Å². The second-order valence-electron chi connectivity index (χ2n) is 4.00. The predicted octanol–water partition coefficient (Wildman–Crippen LogP) is 1.53. The SMILES string of the molecule is OC1CCCCN1.OC1CCCCN1.[Cl][Ti][Cl]. The number of hydrogen-bond donors (Lipinski definition) is 4. The van der Waals surface area contributed by atoms with E-state index >= 15 is 0 Å². The molecular weight excluding hydrogens is 299 g/mol. The molecule has 2 unspecified atom stereocenters. The Kier molecular flexibility index (Phi) is 14.5. The van der Waals surface area contributed by atoms with Crippen LogP contribution in [0.5, 0.6) is 0 Å². The van der Waals surface area contributed by atoms with Gasteiger partial charge in [0.05, 0.1) is 0 Å². The summed E-state index contributed by atoms with van der Waals surface area (Å²) in [4.78, 5) is 0. The summed E-state index contributed by atoms with van der Waals surface area (Å²) in [7, 11) is 9.78. The van der Waals surface area contributed by atoms with Crippen molar-refractivity contribution in [1.82, 2.24) is 10.6 Å². The summed E-state index contributed by atoms with van der Waals surface area (Å²) in [6.45, 7) is 1.97. The van der Waals surface area contributed by atoms with Crippen LogP contribution in [0.3, 0.4) is 0 Å². The Morgan fingerprint density at radius 3 is 1.29 bits per heavy atom. The average Bonchev–Trinajstić information content (AvgIpc) is 2.33. The van der Waals surface area contributed by atoms with Crippen LogP contribution in [0.2, 0.25) is 0 Å². The molecule has 17 heavy (non-hydrogen) atoms. The first kappa shape index (κ1) is 18.1. The molecule has 2 aliphatic heterocycles. The van der Waals surface area contributed by atoms with Crippen molar-refractivity contribution < 1.29 is 27.2 Å². The Morgan fingerprint density at radius 2 is 1.18 bits per heavy atom. The van der Waals surface area contributed by atoms with Crippen molar-refractivity contribution in [2.24, 2.45) is 0 Å². The van der Waals surface area contributed by atoms with Gasteiger partial charge in [-0.15, -0.1) is 0 Å². The van der Waals surface area contributed by atoms with E-state index in [2.05, 4.69) is 10.6 Å². The maximum atomic E-state index is 8.80. The molecule has 2 rings (SSSR count). The van der Waals surface area contributed by atoms with Gasteiger partial charge < -0.3 is 10.2 Å². The molecule has 0 aromatic carbocycles. The molecule has 102 valence electrons. The van der Waals surface area contributed by atoms with Crippen LogP contribution in [0.25, 0.3) is 0 Å². The van der Waals surface area contributed by atoms with E-state index in [9.17, 15) is 0 Å². The Bertz CT molecular complexity index is 141. The van der Waals surface area contributed by atoms with Crippen LogP contribution >= 0.6 is 18.6 Å². The van der Waals surface area contributed by atoms with Crippen molar-refractivity contribution >= 4 is 18.6 Å². The molecule has 2 heterocycles. The van der Waals surface area contributed by atoms with Crippen molar-refractivity contribution in [3.05, 3.63) is 0 Å². The third-order valence-electron chi connectivity index (χ3n) is 2.57. The fourth-order valence-corrected chi connectivity index (χ4v) is 1.67. The van der Waals surface area contributed by atoms with Gasteiger partial charge in [-0.2, -0.15) is 0 Å². The molecule has 0 amide bonds. The zero-order valence-electron chi connectivity index (χ0n) is 9.96. The first-order valence-electron chi connectivity index (χ1n) is 6.00. The molecule has 0 aliphatic carbocycles. The average molecular weight is 321 g/mol. The summed E-state index contributed by atoms with van der Waals surface area (Å²) < 4.78 is 0. The van der Waals surface area contributed by atoms with Gasteiger partial charge >= 0.3 is 35.6 Å². The van der Waals surface area contributed by atoms with Gasteiger partial charge in [0.25, 0.3) is 0 Å². The van der Waals surface area contributed by atoms with Crippen LogP contribution in [-0.2, 0) is 17.0 Å². The summed E-state index contributed by atoms with van der Waals surface area (Å²) in [6, 6.07) is 0. The molecule has 7 heteroatoms. The first-order chi connectivity index (χ1) is 8.20. The Morgan fingerprint density at radius 1 is 0.824 bits per heavy atom. The fourth-order valence-electron chi connectivity index (χ4n) is 1.67. The van der Waals surface area contributed by atoms with Gasteiger partial charge in [-0.3, -0.25) is 10.6 Å². The van der Waals surface area contributed by atoms with Crippen molar-refractivity contribution in [2.75, 3.05) is 13.1 Å². The van der Waals surface area contributed by atoms with Crippen LogP contribution in [0.4, 0.5) is 0 Å². The molecule has 4 N–H and O–H groups in total. The summed E-state index contributed by atoms with van der Waals surface area (Å²) >= 11 is -0.556. The Hall–Kier alpha value is 1.13. The van der Waals surface area contributed by atoms with Crippen molar-refractivity contribution in [3.63, 3.8) is 0 Å². The molecule has 0 spiro atoms. The topological polar surface area (TPSA) is 64.5 Å². The molecule has 2 atom stereocenters. The molecule has 2 fully saturated rings. The Balaban J connectivity index is 0.000000247. The van der Waals surface area contributed by atoms with Gasteiger partial charge in [-0.05, 0) is 51.6 Å². The van der Waals surface area contributed by atoms with Crippen LogP contribution in [0.15, 0.2) is 0 Å². The van der Waals surface area contributed by atoms with Crippen molar-refractivity contribution in [2.45, 2.75) is 51.0 Å². The molecule has 2 aliphatic rings. The second kappa shape index (κ2) is 13.6. The fraction of sp³-hybridized carbons (Fsp3) is 1.00. The standard InChI is InChI=1S/2C5H11NO.2ClH.Ti/c2*7-5-3-1-2-4-6-5;;;/h2*5-7H,1-4H2;2*1H;/q;;;;+2/p-2. The zero-order chi connectivity index (χ0) is 12.9. The van der Waals surface area contributed by atoms with E-state index in [4.69, 9.17) is 28.8 Å². The van der Waals surface area contributed by atoms with Gasteiger partial charge in [0.1, 0.15) is 12.5 Å². The number of aliphatic hydroxyl groups excluding tert-OH is 2. The molecule has 0 saturated carbocycles. The maximum absolute atomic E-state index is 8.80.